The van der Waals surface area contributed by atoms with Gasteiger partial charge in [0, 0.05) is 11.4 Å². The topological polar surface area (TPSA) is 35.2 Å². The molecule has 0 radical (unpaired) electrons. The molecule has 0 spiro atoms. The molecule has 2 rings (SSSR count). The lowest BCUT2D eigenvalue weighted by atomic mass is 10.1. The first-order chi connectivity index (χ1) is 9.40. The van der Waals surface area contributed by atoms with Gasteiger partial charge in [-0.05, 0) is 45.8 Å². The fourth-order valence-electron chi connectivity index (χ4n) is 1.63. The van der Waals surface area contributed by atoms with E-state index in [9.17, 15) is 13.2 Å². The number of benzene rings is 1. The largest absolute Gasteiger partial charge is 0.487 e. The molecule has 0 saturated heterocycles. The number of thiophene rings is 1. The maximum atomic E-state index is 13.0. The van der Waals surface area contributed by atoms with Gasteiger partial charge in [0.1, 0.15) is 12.4 Å². The molecule has 0 bridgehead atoms. The molecule has 0 aliphatic rings. The van der Waals surface area contributed by atoms with Crippen LogP contribution < -0.4 is 10.5 Å². The molecule has 0 fully saturated rings. The van der Waals surface area contributed by atoms with Crippen LogP contribution in [0, 0.1) is 0 Å². The molecule has 1 aromatic carbocycles. The summed E-state index contributed by atoms with van der Waals surface area (Å²) in [4.78, 5) is 0.841. The lowest BCUT2D eigenvalue weighted by Crippen LogP contribution is -2.10. The zero-order valence-corrected chi connectivity index (χ0v) is 12.6. The Hall–Kier alpha value is -1.05. The highest BCUT2D eigenvalue weighted by molar-refractivity contribution is 9.11. The van der Waals surface area contributed by atoms with E-state index in [4.69, 9.17) is 10.5 Å². The van der Waals surface area contributed by atoms with Crippen LogP contribution in [-0.4, -0.2) is 0 Å². The van der Waals surface area contributed by atoms with Crippen LogP contribution in [0.4, 0.5) is 13.2 Å². The lowest BCUT2D eigenvalue weighted by molar-refractivity contribution is -0.139. The molecule has 2 nitrogen and oxygen atoms in total. The van der Waals surface area contributed by atoms with Crippen molar-refractivity contribution >= 4 is 27.3 Å². The summed E-state index contributed by atoms with van der Waals surface area (Å²) < 4.78 is 45.1. The first kappa shape index (κ1) is 15.3. The molecule has 2 N–H and O–H groups in total. The summed E-state index contributed by atoms with van der Waals surface area (Å²) in [6, 6.07) is 7.50. The summed E-state index contributed by atoms with van der Waals surface area (Å²) in [7, 11) is 0. The van der Waals surface area contributed by atoms with Gasteiger partial charge >= 0.3 is 6.18 Å². The van der Waals surface area contributed by atoms with Gasteiger partial charge in [-0.25, -0.2) is 0 Å². The highest BCUT2D eigenvalue weighted by atomic mass is 79.9. The van der Waals surface area contributed by atoms with E-state index in [1.807, 2.05) is 6.07 Å². The predicted molar refractivity (Wildman–Crippen MR) is 75.7 cm³/mol. The highest BCUT2D eigenvalue weighted by Gasteiger charge is 2.34. The average molecular weight is 366 g/mol. The van der Waals surface area contributed by atoms with Crippen molar-refractivity contribution in [1.29, 1.82) is 0 Å². The first-order valence-electron chi connectivity index (χ1n) is 5.67. The van der Waals surface area contributed by atoms with E-state index in [-0.39, 0.29) is 18.9 Å². The van der Waals surface area contributed by atoms with Gasteiger partial charge < -0.3 is 10.5 Å². The quantitative estimate of drug-likeness (QED) is 0.861. The third-order valence-corrected chi connectivity index (χ3v) is 4.18. The Morgan fingerprint density at radius 3 is 2.50 bits per heavy atom. The van der Waals surface area contributed by atoms with E-state index in [0.29, 0.717) is 5.56 Å². The summed E-state index contributed by atoms with van der Waals surface area (Å²) in [5.74, 6) is -0.181. The standard InChI is InChI=1S/C13H11BrF3NOS/c14-12-4-2-9(20-12)7-19-11-3-1-8(6-18)5-10(11)13(15,16)17/h1-5H,6-7,18H2. The Morgan fingerprint density at radius 1 is 1.20 bits per heavy atom. The summed E-state index contributed by atoms with van der Waals surface area (Å²) in [6.45, 7) is 0.155. The van der Waals surface area contributed by atoms with Gasteiger partial charge in [-0.15, -0.1) is 11.3 Å². The minimum atomic E-state index is -4.46. The Balaban J connectivity index is 2.22. The molecule has 0 unspecified atom stereocenters. The second-order valence-corrected chi connectivity index (χ2v) is 6.57. The molecule has 0 amide bonds. The van der Waals surface area contributed by atoms with Crippen LogP contribution in [0.1, 0.15) is 16.0 Å². The molecular formula is C13H11BrF3NOS. The zero-order chi connectivity index (χ0) is 14.8. The maximum Gasteiger partial charge on any atom is 0.419 e. The lowest BCUT2D eigenvalue weighted by Gasteiger charge is -2.14. The number of hydrogen-bond acceptors (Lipinski definition) is 3. The predicted octanol–water partition coefficient (Wildman–Crippen LogP) is 4.57. The third-order valence-electron chi connectivity index (χ3n) is 2.58. The minimum Gasteiger partial charge on any atom is -0.487 e. The molecule has 0 atom stereocenters. The van der Waals surface area contributed by atoms with Crippen LogP contribution in [0.3, 0.4) is 0 Å². The molecular weight excluding hydrogens is 355 g/mol. The van der Waals surface area contributed by atoms with Crippen molar-refractivity contribution in [1.82, 2.24) is 0 Å². The van der Waals surface area contributed by atoms with Crippen molar-refractivity contribution in [2.75, 3.05) is 0 Å². The average Bonchev–Trinajstić information content (AvgIpc) is 2.81. The van der Waals surface area contributed by atoms with E-state index < -0.39 is 11.7 Å². The fraction of sp³-hybridized carbons (Fsp3) is 0.231. The van der Waals surface area contributed by atoms with Crippen LogP contribution in [-0.2, 0) is 19.3 Å². The number of ether oxygens (including phenoxy) is 1. The number of hydrogen-bond donors (Lipinski definition) is 1. The Labute approximate surface area is 126 Å². The van der Waals surface area contributed by atoms with Gasteiger partial charge in [-0.1, -0.05) is 6.07 Å². The SMILES string of the molecule is NCc1ccc(OCc2ccc(Br)s2)c(C(F)(F)F)c1. The molecule has 108 valence electrons. The van der Waals surface area contributed by atoms with Gasteiger partial charge in [0.2, 0.25) is 0 Å². The maximum absolute atomic E-state index is 13.0. The summed E-state index contributed by atoms with van der Waals surface area (Å²) in [6.07, 6.45) is -4.46. The Morgan fingerprint density at radius 2 is 1.95 bits per heavy atom. The summed E-state index contributed by atoms with van der Waals surface area (Å²) >= 11 is 4.71. The first-order valence-corrected chi connectivity index (χ1v) is 7.28. The Bertz CT molecular complexity index is 598. The Kier molecular flexibility index (Phi) is 4.72. The van der Waals surface area contributed by atoms with Gasteiger partial charge in [0.05, 0.1) is 9.35 Å². The highest BCUT2D eigenvalue weighted by Crippen LogP contribution is 2.37. The fourth-order valence-corrected chi connectivity index (χ4v) is 3.03. The van der Waals surface area contributed by atoms with Crippen LogP contribution in [0.2, 0.25) is 0 Å². The normalized spacial score (nSPS) is 11.7. The second-order valence-electron chi connectivity index (χ2n) is 4.03. The van der Waals surface area contributed by atoms with Crippen molar-refractivity contribution < 1.29 is 17.9 Å². The van der Waals surface area contributed by atoms with Crippen molar-refractivity contribution in [2.45, 2.75) is 19.3 Å². The molecule has 0 aliphatic carbocycles. The van der Waals surface area contributed by atoms with Gasteiger partial charge in [0.25, 0.3) is 0 Å². The van der Waals surface area contributed by atoms with Crippen molar-refractivity contribution in [2.24, 2.45) is 5.73 Å². The van der Waals surface area contributed by atoms with Crippen LogP contribution in [0.25, 0.3) is 0 Å². The zero-order valence-electron chi connectivity index (χ0n) is 10.2. The molecule has 7 heteroatoms. The van der Waals surface area contributed by atoms with E-state index in [2.05, 4.69) is 15.9 Å². The number of rotatable bonds is 4. The molecule has 1 aromatic heterocycles. The van der Waals surface area contributed by atoms with Crippen LogP contribution >= 0.6 is 27.3 Å². The monoisotopic (exact) mass is 365 g/mol. The molecule has 0 saturated carbocycles. The number of halogens is 4. The van der Waals surface area contributed by atoms with Gasteiger partial charge in [-0.3, -0.25) is 0 Å². The van der Waals surface area contributed by atoms with Gasteiger partial charge in [-0.2, -0.15) is 13.2 Å². The number of nitrogens with two attached hydrogens (primary N) is 1. The van der Waals surface area contributed by atoms with E-state index in [1.165, 1.54) is 23.5 Å². The smallest absolute Gasteiger partial charge is 0.419 e. The third kappa shape index (κ3) is 3.74. The second kappa shape index (κ2) is 6.15. The molecule has 20 heavy (non-hydrogen) atoms. The van der Waals surface area contributed by atoms with Gasteiger partial charge in [0.15, 0.2) is 0 Å². The van der Waals surface area contributed by atoms with Crippen molar-refractivity contribution in [3.63, 3.8) is 0 Å². The molecule has 0 aliphatic heterocycles. The minimum absolute atomic E-state index is 0.0568. The molecule has 1 heterocycles. The van der Waals surface area contributed by atoms with E-state index >= 15 is 0 Å². The van der Waals surface area contributed by atoms with Crippen molar-refractivity contribution in [3.05, 3.63) is 50.1 Å². The van der Waals surface area contributed by atoms with Crippen LogP contribution in [0.5, 0.6) is 5.75 Å². The number of alkyl halides is 3. The van der Waals surface area contributed by atoms with Crippen molar-refractivity contribution in [3.8, 4) is 5.75 Å². The van der Waals surface area contributed by atoms with E-state index in [0.717, 1.165) is 14.7 Å². The van der Waals surface area contributed by atoms with Crippen LogP contribution in [0.15, 0.2) is 34.1 Å². The summed E-state index contributed by atoms with van der Waals surface area (Å²) in [5.41, 5.74) is 4.99. The summed E-state index contributed by atoms with van der Waals surface area (Å²) in [5, 5.41) is 0. The molecule has 2 aromatic rings. The van der Waals surface area contributed by atoms with E-state index in [1.54, 1.807) is 6.07 Å².